The van der Waals surface area contributed by atoms with Crippen molar-refractivity contribution in [1.29, 1.82) is 0 Å². The monoisotopic (exact) mass is 151 g/mol. The number of aromatic nitrogens is 1. The molecule has 0 bridgehead atoms. The summed E-state index contributed by atoms with van der Waals surface area (Å²) in [6.07, 6.45) is 3.70. The van der Waals surface area contributed by atoms with Crippen LogP contribution >= 0.6 is 0 Å². The van der Waals surface area contributed by atoms with Crippen LogP contribution in [0.1, 0.15) is 12.5 Å². The van der Waals surface area contributed by atoms with Gasteiger partial charge in [-0.2, -0.15) is 0 Å². The van der Waals surface area contributed by atoms with Gasteiger partial charge in [0.05, 0.1) is 5.71 Å². The summed E-state index contributed by atoms with van der Waals surface area (Å²) >= 11 is 0. The lowest BCUT2D eigenvalue weighted by Gasteiger charge is -1.94. The maximum absolute atomic E-state index is 4.64. The second-order valence-electron chi connectivity index (χ2n) is 2.15. The standard InChI is InChI=1S/C8H10N2O/c1-7(10-11-2)8-3-5-9-6-4-8/h3-6H,1-2H3/p+1. The molecule has 3 nitrogen and oxygen atoms in total. The molecule has 3 heteroatoms. The van der Waals surface area contributed by atoms with Gasteiger partial charge in [0.25, 0.3) is 0 Å². The lowest BCUT2D eigenvalue weighted by atomic mass is 10.2. The highest BCUT2D eigenvalue weighted by Gasteiger charge is 1.96. The zero-order valence-electron chi connectivity index (χ0n) is 6.66. The van der Waals surface area contributed by atoms with Crippen LogP contribution in [0, 0.1) is 0 Å². The number of H-pyrrole nitrogens is 1. The molecule has 0 fully saturated rings. The van der Waals surface area contributed by atoms with Gasteiger partial charge in [-0.15, -0.1) is 0 Å². The summed E-state index contributed by atoms with van der Waals surface area (Å²) in [5, 5.41) is 3.80. The van der Waals surface area contributed by atoms with Crippen molar-refractivity contribution >= 4 is 5.71 Å². The molecule has 0 saturated heterocycles. The molecule has 0 saturated carbocycles. The zero-order chi connectivity index (χ0) is 8.10. The van der Waals surface area contributed by atoms with E-state index in [1.54, 1.807) is 7.11 Å². The molecule has 0 aliphatic rings. The lowest BCUT2D eigenvalue weighted by molar-refractivity contribution is -0.378. The minimum atomic E-state index is 0.876. The highest BCUT2D eigenvalue weighted by molar-refractivity contribution is 5.97. The van der Waals surface area contributed by atoms with E-state index < -0.39 is 0 Å². The first kappa shape index (κ1) is 7.72. The van der Waals surface area contributed by atoms with Crippen LogP contribution in [0.4, 0.5) is 0 Å². The molecule has 1 N–H and O–H groups in total. The van der Waals surface area contributed by atoms with Crippen LogP contribution in [0.15, 0.2) is 29.7 Å². The van der Waals surface area contributed by atoms with Crippen molar-refractivity contribution in [2.75, 3.05) is 7.11 Å². The van der Waals surface area contributed by atoms with E-state index in [2.05, 4.69) is 15.0 Å². The Kier molecular flexibility index (Phi) is 2.60. The molecule has 0 amide bonds. The van der Waals surface area contributed by atoms with E-state index >= 15 is 0 Å². The largest absolute Gasteiger partial charge is 0.399 e. The van der Waals surface area contributed by atoms with E-state index in [-0.39, 0.29) is 0 Å². The quantitative estimate of drug-likeness (QED) is 0.456. The predicted octanol–water partition coefficient (Wildman–Crippen LogP) is 0.871. The highest BCUT2D eigenvalue weighted by atomic mass is 16.6. The van der Waals surface area contributed by atoms with E-state index in [0.717, 1.165) is 11.3 Å². The van der Waals surface area contributed by atoms with Crippen LogP contribution in [0.25, 0.3) is 0 Å². The van der Waals surface area contributed by atoms with E-state index in [9.17, 15) is 0 Å². The minimum Gasteiger partial charge on any atom is -0.399 e. The Bertz CT molecular complexity index is 244. The number of hydrogen-bond acceptors (Lipinski definition) is 2. The van der Waals surface area contributed by atoms with Crippen molar-refractivity contribution < 1.29 is 9.82 Å². The van der Waals surface area contributed by atoms with E-state index in [0.29, 0.717) is 0 Å². The first-order valence-corrected chi connectivity index (χ1v) is 3.39. The Labute approximate surface area is 65.7 Å². The van der Waals surface area contributed by atoms with E-state index in [1.807, 2.05) is 31.5 Å². The Morgan fingerprint density at radius 3 is 2.64 bits per heavy atom. The summed E-state index contributed by atoms with van der Waals surface area (Å²) in [5.74, 6) is 0. The summed E-state index contributed by atoms with van der Waals surface area (Å²) in [7, 11) is 1.54. The molecule has 1 aromatic rings. The second-order valence-corrected chi connectivity index (χ2v) is 2.15. The minimum absolute atomic E-state index is 0.876. The molecule has 0 spiro atoms. The Balaban J connectivity index is 2.85. The summed E-state index contributed by atoms with van der Waals surface area (Å²) in [5.41, 5.74) is 1.94. The van der Waals surface area contributed by atoms with Crippen LogP contribution in [0.3, 0.4) is 0 Å². The molecule has 0 atom stereocenters. The summed E-state index contributed by atoms with van der Waals surface area (Å²) < 4.78 is 0. The number of nitrogens with one attached hydrogen (secondary N) is 1. The molecular formula is C8H11N2O+. The first-order chi connectivity index (χ1) is 5.34. The zero-order valence-corrected chi connectivity index (χ0v) is 6.66. The molecule has 0 unspecified atom stereocenters. The fraction of sp³-hybridized carbons (Fsp3) is 0.250. The maximum atomic E-state index is 4.64. The van der Waals surface area contributed by atoms with Gasteiger partial charge in [-0.3, -0.25) is 0 Å². The van der Waals surface area contributed by atoms with Crippen LogP contribution in [-0.2, 0) is 4.84 Å². The average Bonchev–Trinajstić information content (AvgIpc) is 2.07. The van der Waals surface area contributed by atoms with Gasteiger partial charge in [0.15, 0.2) is 12.4 Å². The van der Waals surface area contributed by atoms with Gasteiger partial charge in [-0.1, -0.05) is 5.16 Å². The Hall–Kier alpha value is -1.38. The number of rotatable bonds is 2. The molecule has 1 heterocycles. The molecule has 0 aliphatic heterocycles. The molecular weight excluding hydrogens is 140 g/mol. The summed E-state index contributed by atoms with van der Waals surface area (Å²) in [6.45, 7) is 1.90. The van der Waals surface area contributed by atoms with Crippen LogP contribution in [-0.4, -0.2) is 12.8 Å². The van der Waals surface area contributed by atoms with Crippen molar-refractivity contribution in [3.05, 3.63) is 30.1 Å². The summed E-state index contributed by atoms with van der Waals surface area (Å²) in [6, 6.07) is 3.88. The third kappa shape index (κ3) is 2.04. The summed E-state index contributed by atoms with van der Waals surface area (Å²) in [4.78, 5) is 7.57. The Morgan fingerprint density at radius 1 is 1.45 bits per heavy atom. The second kappa shape index (κ2) is 3.71. The fourth-order valence-corrected chi connectivity index (χ4v) is 0.818. The van der Waals surface area contributed by atoms with Crippen LogP contribution in [0.5, 0.6) is 0 Å². The molecule has 1 aromatic heterocycles. The maximum Gasteiger partial charge on any atom is 0.167 e. The average molecular weight is 151 g/mol. The number of nitrogens with zero attached hydrogens (tertiary/aromatic N) is 1. The SMILES string of the molecule is CON=C(C)c1cc[nH+]cc1. The van der Waals surface area contributed by atoms with Gasteiger partial charge in [0.1, 0.15) is 7.11 Å². The highest BCUT2D eigenvalue weighted by Crippen LogP contribution is 1.96. The van der Waals surface area contributed by atoms with Crippen molar-refractivity contribution in [1.82, 2.24) is 0 Å². The smallest absolute Gasteiger partial charge is 0.167 e. The van der Waals surface area contributed by atoms with Crippen LogP contribution < -0.4 is 4.98 Å². The van der Waals surface area contributed by atoms with Gasteiger partial charge in [-0.05, 0) is 6.92 Å². The topological polar surface area (TPSA) is 35.7 Å². The van der Waals surface area contributed by atoms with Crippen LogP contribution in [0.2, 0.25) is 0 Å². The lowest BCUT2D eigenvalue weighted by Crippen LogP contribution is -2.02. The molecule has 11 heavy (non-hydrogen) atoms. The van der Waals surface area contributed by atoms with Gasteiger partial charge in [-0.25, -0.2) is 4.98 Å². The van der Waals surface area contributed by atoms with Gasteiger partial charge < -0.3 is 4.84 Å². The van der Waals surface area contributed by atoms with E-state index in [1.165, 1.54) is 0 Å². The fourth-order valence-electron chi connectivity index (χ4n) is 0.818. The van der Waals surface area contributed by atoms with E-state index in [4.69, 9.17) is 0 Å². The van der Waals surface area contributed by atoms with Crippen molar-refractivity contribution in [3.63, 3.8) is 0 Å². The number of pyridine rings is 1. The molecule has 58 valence electrons. The molecule has 0 aliphatic carbocycles. The van der Waals surface area contributed by atoms with Gasteiger partial charge >= 0.3 is 0 Å². The van der Waals surface area contributed by atoms with Gasteiger partial charge in [0, 0.05) is 17.7 Å². The molecule has 0 aromatic carbocycles. The van der Waals surface area contributed by atoms with Crippen molar-refractivity contribution in [2.45, 2.75) is 6.92 Å². The predicted molar refractivity (Wildman–Crippen MR) is 42.2 cm³/mol. The number of oxime groups is 1. The third-order valence-electron chi connectivity index (χ3n) is 1.36. The number of hydrogen-bond donors (Lipinski definition) is 0. The first-order valence-electron chi connectivity index (χ1n) is 3.39. The van der Waals surface area contributed by atoms with Crippen molar-refractivity contribution in [3.8, 4) is 0 Å². The molecule has 0 radical (unpaired) electrons. The Morgan fingerprint density at radius 2 is 2.09 bits per heavy atom. The molecule has 1 rings (SSSR count). The van der Waals surface area contributed by atoms with Crippen molar-refractivity contribution in [2.24, 2.45) is 5.16 Å². The van der Waals surface area contributed by atoms with Gasteiger partial charge in [0.2, 0.25) is 0 Å². The third-order valence-corrected chi connectivity index (χ3v) is 1.36. The normalized spacial score (nSPS) is 11.3. The number of aromatic amines is 1.